The largest absolute Gasteiger partial charge is 0.440 e. The fourth-order valence-corrected chi connectivity index (χ4v) is 3.91. The van der Waals surface area contributed by atoms with Crippen molar-refractivity contribution in [2.45, 2.75) is 12.8 Å². The Kier molecular flexibility index (Phi) is 2.08. The van der Waals surface area contributed by atoms with Crippen molar-refractivity contribution in [2.24, 2.45) is 0 Å². The van der Waals surface area contributed by atoms with Gasteiger partial charge in [-0.1, -0.05) is 24.3 Å². The first-order chi connectivity index (χ1) is 7.68. The summed E-state index contributed by atoms with van der Waals surface area (Å²) >= 11 is 0. The fourth-order valence-electron chi connectivity index (χ4n) is 2.27. The fraction of sp³-hybridized carbons (Fsp3) is 0.231. The number of benzene rings is 1. The lowest BCUT2D eigenvalue weighted by Crippen LogP contribution is -2.19. The molecular formula is C13H13O2P. The molecule has 1 atom stereocenters. The van der Waals surface area contributed by atoms with E-state index in [-0.39, 0.29) is 0 Å². The zero-order valence-electron chi connectivity index (χ0n) is 9.14. The lowest BCUT2D eigenvalue weighted by molar-refractivity contribution is 0.428. The van der Waals surface area contributed by atoms with Gasteiger partial charge < -0.3 is 4.52 Å². The molecule has 1 aromatic carbocycles. The van der Waals surface area contributed by atoms with E-state index in [2.05, 4.69) is 6.08 Å². The maximum Gasteiger partial charge on any atom is 0.274 e. The zero-order chi connectivity index (χ0) is 11.2. The minimum Gasteiger partial charge on any atom is -0.440 e. The summed E-state index contributed by atoms with van der Waals surface area (Å²) in [6.07, 6.45) is 6.22. The van der Waals surface area contributed by atoms with Gasteiger partial charge in [-0.25, -0.2) is 0 Å². The summed E-state index contributed by atoms with van der Waals surface area (Å²) in [5.74, 6) is 0.802. The van der Waals surface area contributed by atoms with E-state index in [1.807, 2.05) is 30.3 Å². The number of rotatable bonds is 0. The van der Waals surface area contributed by atoms with E-state index in [1.165, 1.54) is 0 Å². The van der Waals surface area contributed by atoms with Crippen molar-refractivity contribution >= 4 is 18.2 Å². The van der Waals surface area contributed by atoms with Gasteiger partial charge in [0.05, 0.1) is 5.30 Å². The Bertz CT molecular complexity index is 555. The number of hydrogen-bond acceptors (Lipinski definition) is 2. The van der Waals surface area contributed by atoms with Crippen molar-refractivity contribution < 1.29 is 9.09 Å². The van der Waals surface area contributed by atoms with Gasteiger partial charge in [0, 0.05) is 12.2 Å². The van der Waals surface area contributed by atoms with Gasteiger partial charge in [0.1, 0.15) is 5.76 Å². The smallest absolute Gasteiger partial charge is 0.274 e. The summed E-state index contributed by atoms with van der Waals surface area (Å²) in [6, 6.07) is 7.83. The summed E-state index contributed by atoms with van der Waals surface area (Å²) in [5, 5.41) is 0.848. The van der Waals surface area contributed by atoms with Crippen molar-refractivity contribution in [3.05, 3.63) is 47.7 Å². The maximum absolute atomic E-state index is 12.4. The van der Waals surface area contributed by atoms with E-state index in [0.29, 0.717) is 0 Å². The summed E-state index contributed by atoms with van der Waals surface area (Å²) in [5.41, 5.74) is 2.18. The molecule has 0 saturated carbocycles. The number of allylic oxidation sites excluding steroid dienone is 3. The van der Waals surface area contributed by atoms with Crippen LogP contribution in [0.4, 0.5) is 0 Å². The molecule has 2 nitrogen and oxygen atoms in total. The van der Waals surface area contributed by atoms with Gasteiger partial charge in [-0.05, 0) is 30.5 Å². The molecular weight excluding hydrogens is 219 g/mol. The monoisotopic (exact) mass is 232 g/mol. The van der Waals surface area contributed by atoms with Crippen LogP contribution in [0.15, 0.2) is 42.2 Å². The van der Waals surface area contributed by atoms with E-state index < -0.39 is 7.37 Å². The summed E-state index contributed by atoms with van der Waals surface area (Å²) in [4.78, 5) is 0. The van der Waals surface area contributed by atoms with Crippen molar-refractivity contribution in [3.63, 3.8) is 0 Å². The molecule has 0 saturated heterocycles. The third-order valence-electron chi connectivity index (χ3n) is 3.01. The molecule has 1 heterocycles. The molecule has 16 heavy (non-hydrogen) atoms. The summed E-state index contributed by atoms with van der Waals surface area (Å²) in [6.45, 7) is 1.69. The molecule has 1 aromatic rings. The molecule has 3 rings (SSSR count). The Hall–Kier alpha value is -1.27. The minimum atomic E-state index is -2.68. The molecule has 1 aliphatic heterocycles. The highest BCUT2D eigenvalue weighted by Gasteiger charge is 2.33. The normalized spacial score (nSPS) is 27.1. The van der Waals surface area contributed by atoms with E-state index in [9.17, 15) is 4.57 Å². The second-order valence-electron chi connectivity index (χ2n) is 4.22. The first-order valence-electron chi connectivity index (χ1n) is 5.46. The Morgan fingerprint density at radius 1 is 1.19 bits per heavy atom. The highest BCUT2D eigenvalue weighted by molar-refractivity contribution is 7.66. The van der Waals surface area contributed by atoms with Gasteiger partial charge in [-0.3, -0.25) is 4.57 Å². The Labute approximate surface area is 95.1 Å². The molecule has 1 aliphatic carbocycles. The van der Waals surface area contributed by atoms with Gasteiger partial charge in [-0.15, -0.1) is 0 Å². The van der Waals surface area contributed by atoms with Crippen LogP contribution in [-0.2, 0) is 9.09 Å². The molecule has 0 radical (unpaired) electrons. The van der Waals surface area contributed by atoms with Crippen molar-refractivity contribution in [2.75, 3.05) is 6.66 Å². The van der Waals surface area contributed by atoms with Crippen LogP contribution >= 0.6 is 7.37 Å². The van der Waals surface area contributed by atoms with Gasteiger partial charge in [0.25, 0.3) is 7.37 Å². The predicted octanol–water partition coefficient (Wildman–Crippen LogP) is 3.31. The van der Waals surface area contributed by atoms with Gasteiger partial charge in [-0.2, -0.15) is 0 Å². The molecule has 0 fully saturated rings. The van der Waals surface area contributed by atoms with Crippen LogP contribution < -0.4 is 5.30 Å². The van der Waals surface area contributed by atoms with Gasteiger partial charge in [0.2, 0.25) is 0 Å². The van der Waals surface area contributed by atoms with Crippen LogP contribution in [0.1, 0.15) is 18.4 Å². The van der Waals surface area contributed by atoms with Gasteiger partial charge in [0.15, 0.2) is 0 Å². The minimum absolute atomic E-state index is 0.802. The molecule has 82 valence electrons. The molecule has 0 amide bonds. The quantitative estimate of drug-likeness (QED) is 0.641. The van der Waals surface area contributed by atoms with Crippen molar-refractivity contribution in [1.82, 2.24) is 0 Å². The highest BCUT2D eigenvalue weighted by Crippen LogP contribution is 2.52. The first kappa shape index (κ1) is 9.92. The van der Waals surface area contributed by atoms with E-state index in [0.717, 1.165) is 35.0 Å². The Morgan fingerprint density at radius 2 is 1.94 bits per heavy atom. The van der Waals surface area contributed by atoms with E-state index in [1.54, 1.807) is 6.66 Å². The lowest BCUT2D eigenvalue weighted by atomic mass is 9.98. The SMILES string of the molecule is CP1(=O)OC2=CCCC=C2c2ccccc21. The molecule has 3 heteroatoms. The number of hydrogen-bond donors (Lipinski definition) is 0. The maximum atomic E-state index is 12.4. The predicted molar refractivity (Wildman–Crippen MR) is 66.0 cm³/mol. The van der Waals surface area contributed by atoms with Crippen LogP contribution in [0.25, 0.3) is 5.57 Å². The summed E-state index contributed by atoms with van der Waals surface area (Å²) < 4.78 is 18.1. The molecule has 0 bridgehead atoms. The van der Waals surface area contributed by atoms with E-state index >= 15 is 0 Å². The van der Waals surface area contributed by atoms with Gasteiger partial charge >= 0.3 is 0 Å². The average molecular weight is 232 g/mol. The number of fused-ring (bicyclic) bond motifs is 3. The molecule has 0 spiro atoms. The van der Waals surface area contributed by atoms with Crippen LogP contribution in [-0.4, -0.2) is 6.66 Å². The third kappa shape index (κ3) is 1.37. The van der Waals surface area contributed by atoms with E-state index in [4.69, 9.17) is 4.52 Å². The molecule has 0 N–H and O–H groups in total. The molecule has 0 aromatic heterocycles. The zero-order valence-corrected chi connectivity index (χ0v) is 10.0. The van der Waals surface area contributed by atoms with Crippen LogP contribution in [0.2, 0.25) is 0 Å². The van der Waals surface area contributed by atoms with Crippen molar-refractivity contribution in [3.8, 4) is 0 Å². The second kappa shape index (κ2) is 3.36. The van der Waals surface area contributed by atoms with Crippen molar-refractivity contribution in [1.29, 1.82) is 0 Å². The topological polar surface area (TPSA) is 26.3 Å². The average Bonchev–Trinajstić information content (AvgIpc) is 2.29. The Balaban J connectivity index is 2.29. The van der Waals surface area contributed by atoms with Crippen LogP contribution in [0, 0.1) is 0 Å². The lowest BCUT2D eigenvalue weighted by Gasteiger charge is -2.29. The standard InChI is InChI=1S/C13H13O2P/c1-16(14)13-9-5-3-7-11(13)10-6-2-4-8-12(10)15-16/h3,5-9H,2,4H2,1H3. The van der Waals surface area contributed by atoms with Crippen LogP contribution in [0.3, 0.4) is 0 Å². The highest BCUT2D eigenvalue weighted by atomic mass is 31.2. The molecule has 2 aliphatic rings. The Morgan fingerprint density at radius 3 is 2.81 bits per heavy atom. The third-order valence-corrected chi connectivity index (χ3v) is 4.82. The van der Waals surface area contributed by atoms with Crippen LogP contribution in [0.5, 0.6) is 0 Å². The first-order valence-corrected chi connectivity index (χ1v) is 7.53. The summed E-state index contributed by atoms with van der Waals surface area (Å²) in [7, 11) is -2.68. The molecule has 1 unspecified atom stereocenters. The second-order valence-corrected chi connectivity index (χ2v) is 6.57.